The molecule has 0 aliphatic rings. The Kier molecular flexibility index (Phi) is 2.50. The number of benzene rings is 1. The maximum absolute atomic E-state index is 4.43. The summed E-state index contributed by atoms with van der Waals surface area (Å²) in [6.07, 6.45) is 1.83. The molecule has 0 atom stereocenters. The summed E-state index contributed by atoms with van der Waals surface area (Å²) < 4.78 is 2.34. The van der Waals surface area contributed by atoms with Gasteiger partial charge in [-0.25, -0.2) is 0 Å². The minimum Gasteiger partial charge on any atom is -0.255 e. The van der Waals surface area contributed by atoms with Gasteiger partial charge in [-0.2, -0.15) is 0 Å². The average Bonchev–Trinajstić information content (AvgIpc) is 2.74. The van der Waals surface area contributed by atoms with Gasteiger partial charge in [-0.15, -0.1) is 11.3 Å². The summed E-state index contributed by atoms with van der Waals surface area (Å²) in [6, 6.07) is 12.4. The van der Waals surface area contributed by atoms with Gasteiger partial charge < -0.3 is 0 Å². The van der Waals surface area contributed by atoms with Crippen LogP contribution in [0.4, 0.5) is 0 Å². The number of rotatable bonds is 1. The fourth-order valence-corrected chi connectivity index (χ4v) is 3.16. The first-order valence-electron chi connectivity index (χ1n) is 4.93. The Bertz CT molecular complexity index is 645. The van der Waals surface area contributed by atoms with E-state index in [1.165, 1.54) is 15.6 Å². The van der Waals surface area contributed by atoms with E-state index in [-0.39, 0.29) is 0 Å². The largest absolute Gasteiger partial charge is 0.255 e. The van der Waals surface area contributed by atoms with Crippen LogP contribution in [0.3, 0.4) is 0 Å². The molecule has 0 amide bonds. The number of fused-ring (bicyclic) bond motifs is 1. The molecule has 0 bridgehead atoms. The SMILES string of the molecule is Brc1cccnc1-c1csc2ccccc12. The highest BCUT2D eigenvalue weighted by Gasteiger charge is 2.09. The molecule has 0 unspecified atom stereocenters. The van der Waals surface area contributed by atoms with E-state index >= 15 is 0 Å². The Morgan fingerprint density at radius 2 is 1.94 bits per heavy atom. The average molecular weight is 290 g/mol. The normalized spacial score (nSPS) is 10.8. The molecule has 0 spiro atoms. The van der Waals surface area contributed by atoms with Gasteiger partial charge in [0, 0.05) is 31.7 Å². The number of halogens is 1. The van der Waals surface area contributed by atoms with Crippen LogP contribution in [0, 0.1) is 0 Å². The van der Waals surface area contributed by atoms with Crippen LogP contribution in [0.2, 0.25) is 0 Å². The third-order valence-corrected chi connectivity index (χ3v) is 4.10. The van der Waals surface area contributed by atoms with Crippen molar-refractivity contribution in [2.45, 2.75) is 0 Å². The summed E-state index contributed by atoms with van der Waals surface area (Å²) in [5, 5.41) is 3.43. The Hall–Kier alpha value is -1.19. The monoisotopic (exact) mass is 289 g/mol. The lowest BCUT2D eigenvalue weighted by molar-refractivity contribution is 1.32. The van der Waals surface area contributed by atoms with E-state index in [2.05, 4.69) is 50.6 Å². The Morgan fingerprint density at radius 3 is 2.81 bits per heavy atom. The van der Waals surface area contributed by atoms with E-state index in [1.807, 2.05) is 18.3 Å². The molecule has 2 heterocycles. The molecule has 0 radical (unpaired) electrons. The van der Waals surface area contributed by atoms with E-state index < -0.39 is 0 Å². The lowest BCUT2D eigenvalue weighted by atomic mass is 10.1. The molecule has 2 aromatic heterocycles. The van der Waals surface area contributed by atoms with Crippen LogP contribution in [-0.2, 0) is 0 Å². The van der Waals surface area contributed by atoms with Gasteiger partial charge in [-0.1, -0.05) is 18.2 Å². The van der Waals surface area contributed by atoms with Crippen molar-refractivity contribution < 1.29 is 0 Å². The van der Waals surface area contributed by atoms with E-state index in [1.54, 1.807) is 11.3 Å². The highest BCUT2D eigenvalue weighted by atomic mass is 79.9. The number of aromatic nitrogens is 1. The van der Waals surface area contributed by atoms with Crippen molar-refractivity contribution in [3.05, 3.63) is 52.4 Å². The fourth-order valence-electron chi connectivity index (χ4n) is 1.75. The lowest BCUT2D eigenvalue weighted by Crippen LogP contribution is -1.82. The van der Waals surface area contributed by atoms with Gasteiger partial charge >= 0.3 is 0 Å². The zero-order valence-electron chi connectivity index (χ0n) is 8.35. The molecule has 1 nitrogen and oxygen atoms in total. The standard InChI is InChI=1S/C13H8BrNS/c14-11-5-3-7-15-13(11)10-8-16-12-6-2-1-4-9(10)12/h1-8H. The van der Waals surface area contributed by atoms with Crippen molar-refractivity contribution in [1.29, 1.82) is 0 Å². The van der Waals surface area contributed by atoms with E-state index in [4.69, 9.17) is 0 Å². The van der Waals surface area contributed by atoms with Crippen molar-refractivity contribution >= 4 is 37.4 Å². The minimum atomic E-state index is 1.01. The molecule has 16 heavy (non-hydrogen) atoms. The topological polar surface area (TPSA) is 12.9 Å². The zero-order chi connectivity index (χ0) is 11.0. The van der Waals surface area contributed by atoms with Gasteiger partial charge in [0.05, 0.1) is 5.69 Å². The predicted octanol–water partition coefficient (Wildman–Crippen LogP) is 4.73. The van der Waals surface area contributed by atoms with E-state index in [0.717, 1.165) is 10.2 Å². The molecule has 3 rings (SSSR count). The quantitative estimate of drug-likeness (QED) is 0.631. The second-order valence-electron chi connectivity index (χ2n) is 3.48. The maximum atomic E-state index is 4.43. The third kappa shape index (κ3) is 1.56. The summed E-state index contributed by atoms with van der Waals surface area (Å²) in [5.74, 6) is 0. The van der Waals surface area contributed by atoms with Crippen LogP contribution < -0.4 is 0 Å². The van der Waals surface area contributed by atoms with Gasteiger partial charge in [-0.05, 0) is 34.1 Å². The van der Waals surface area contributed by atoms with Gasteiger partial charge in [0.25, 0.3) is 0 Å². The second-order valence-corrected chi connectivity index (χ2v) is 5.24. The molecule has 3 heteroatoms. The number of pyridine rings is 1. The predicted molar refractivity (Wildman–Crippen MR) is 72.8 cm³/mol. The van der Waals surface area contributed by atoms with Gasteiger partial charge in [0.2, 0.25) is 0 Å². The summed E-state index contributed by atoms with van der Waals surface area (Å²) in [5.41, 5.74) is 2.22. The summed E-state index contributed by atoms with van der Waals surface area (Å²) >= 11 is 5.30. The van der Waals surface area contributed by atoms with Crippen LogP contribution in [0.25, 0.3) is 21.3 Å². The number of hydrogen-bond acceptors (Lipinski definition) is 2. The molecule has 0 saturated heterocycles. The minimum absolute atomic E-state index is 1.01. The van der Waals surface area contributed by atoms with E-state index in [9.17, 15) is 0 Å². The third-order valence-electron chi connectivity index (χ3n) is 2.49. The van der Waals surface area contributed by atoms with Crippen molar-refractivity contribution in [2.75, 3.05) is 0 Å². The molecular weight excluding hydrogens is 282 g/mol. The fraction of sp³-hybridized carbons (Fsp3) is 0. The lowest BCUT2D eigenvalue weighted by Gasteiger charge is -2.01. The first kappa shape index (κ1) is 10.00. The van der Waals surface area contributed by atoms with Crippen LogP contribution in [0.1, 0.15) is 0 Å². The molecule has 0 aliphatic carbocycles. The molecule has 1 aromatic carbocycles. The first-order chi connectivity index (χ1) is 7.86. The molecule has 0 fully saturated rings. The number of hydrogen-bond donors (Lipinski definition) is 0. The Balaban J connectivity index is 2.31. The van der Waals surface area contributed by atoms with Crippen LogP contribution in [0.5, 0.6) is 0 Å². The van der Waals surface area contributed by atoms with Gasteiger partial charge in [0.15, 0.2) is 0 Å². The van der Waals surface area contributed by atoms with Crippen molar-refractivity contribution in [3.8, 4) is 11.3 Å². The molecule has 0 N–H and O–H groups in total. The van der Waals surface area contributed by atoms with Crippen LogP contribution >= 0.6 is 27.3 Å². The molecule has 0 aliphatic heterocycles. The van der Waals surface area contributed by atoms with Crippen LogP contribution in [0.15, 0.2) is 52.4 Å². The summed E-state index contributed by atoms with van der Waals surface area (Å²) in [7, 11) is 0. The number of nitrogens with zero attached hydrogens (tertiary/aromatic N) is 1. The Morgan fingerprint density at radius 1 is 1.06 bits per heavy atom. The second kappa shape index (κ2) is 4.00. The van der Waals surface area contributed by atoms with E-state index in [0.29, 0.717) is 0 Å². The molecule has 3 aromatic rings. The summed E-state index contributed by atoms with van der Waals surface area (Å²) in [4.78, 5) is 4.43. The van der Waals surface area contributed by atoms with Crippen LogP contribution in [-0.4, -0.2) is 4.98 Å². The molecule has 0 saturated carbocycles. The van der Waals surface area contributed by atoms with Gasteiger partial charge in [-0.3, -0.25) is 4.98 Å². The Labute approximate surface area is 106 Å². The van der Waals surface area contributed by atoms with Crippen molar-refractivity contribution in [1.82, 2.24) is 4.98 Å². The highest BCUT2D eigenvalue weighted by Crippen LogP contribution is 2.35. The van der Waals surface area contributed by atoms with Gasteiger partial charge in [0.1, 0.15) is 0 Å². The zero-order valence-corrected chi connectivity index (χ0v) is 10.8. The molecule has 78 valence electrons. The number of thiophene rings is 1. The highest BCUT2D eigenvalue weighted by molar-refractivity contribution is 9.10. The van der Waals surface area contributed by atoms with Crippen molar-refractivity contribution in [2.24, 2.45) is 0 Å². The first-order valence-corrected chi connectivity index (χ1v) is 6.60. The summed E-state index contributed by atoms with van der Waals surface area (Å²) in [6.45, 7) is 0. The smallest absolute Gasteiger partial charge is 0.0858 e. The molecular formula is C13H8BrNS. The maximum Gasteiger partial charge on any atom is 0.0858 e. The van der Waals surface area contributed by atoms with Crippen molar-refractivity contribution in [3.63, 3.8) is 0 Å².